The molecule has 6 heteroatoms. The molecule has 0 saturated heterocycles. The van der Waals surface area contributed by atoms with Crippen LogP contribution >= 0.6 is 11.6 Å². The van der Waals surface area contributed by atoms with Crippen molar-refractivity contribution in [2.45, 2.75) is 30.9 Å². The summed E-state index contributed by atoms with van der Waals surface area (Å²) in [6.45, 7) is 0. The minimum absolute atomic E-state index is 0.188. The van der Waals surface area contributed by atoms with Crippen molar-refractivity contribution in [3.63, 3.8) is 0 Å². The van der Waals surface area contributed by atoms with Gasteiger partial charge in [0.25, 0.3) is 0 Å². The van der Waals surface area contributed by atoms with E-state index in [1.165, 1.54) is 6.07 Å². The predicted octanol–water partition coefficient (Wildman–Crippen LogP) is 3.40. The third-order valence-corrected chi connectivity index (χ3v) is 3.93. The Hall–Kier alpha value is -1.20. The Kier molecular flexibility index (Phi) is 3.19. The molecule has 3 nitrogen and oxygen atoms in total. The molecule has 2 aromatic rings. The first-order valence-corrected chi connectivity index (χ1v) is 6.62. The Morgan fingerprint density at radius 2 is 2.05 bits per heavy atom. The minimum Gasteiger partial charge on any atom is -0.381 e. The van der Waals surface area contributed by atoms with Gasteiger partial charge in [-0.2, -0.15) is 0 Å². The molecular formula is C13H13ClF2N2O. The second kappa shape index (κ2) is 4.72. The molecule has 1 aromatic carbocycles. The number of nitrogens with zero attached hydrogens (tertiary/aromatic N) is 2. The highest BCUT2D eigenvalue weighted by molar-refractivity contribution is 6.16. The topological polar surface area (TPSA) is 27.1 Å². The van der Waals surface area contributed by atoms with Crippen LogP contribution in [0.3, 0.4) is 0 Å². The van der Waals surface area contributed by atoms with Crippen LogP contribution in [0.4, 0.5) is 8.78 Å². The van der Waals surface area contributed by atoms with E-state index in [0.29, 0.717) is 16.9 Å². The Bertz CT molecular complexity index is 623. The Morgan fingerprint density at radius 3 is 2.68 bits per heavy atom. The van der Waals surface area contributed by atoms with Crippen LogP contribution in [0, 0.1) is 11.6 Å². The number of alkyl halides is 1. The molecule has 0 radical (unpaired) electrons. The summed E-state index contributed by atoms with van der Waals surface area (Å²) in [5, 5.41) is 0. The zero-order valence-corrected chi connectivity index (χ0v) is 11.1. The normalized spacial score (nSPS) is 22.7. The molecule has 1 saturated carbocycles. The van der Waals surface area contributed by atoms with E-state index in [0.717, 1.165) is 18.9 Å². The van der Waals surface area contributed by atoms with Crippen molar-refractivity contribution in [3.05, 3.63) is 29.6 Å². The van der Waals surface area contributed by atoms with Crippen LogP contribution in [0.2, 0.25) is 0 Å². The first-order chi connectivity index (χ1) is 9.13. The number of benzene rings is 1. The maximum atomic E-state index is 13.4. The average Bonchev–Trinajstić information content (AvgIpc) is 2.67. The lowest BCUT2D eigenvalue weighted by Gasteiger charge is -2.36. The van der Waals surface area contributed by atoms with Crippen molar-refractivity contribution in [2.75, 3.05) is 7.11 Å². The number of hydrogen-bond acceptors (Lipinski definition) is 2. The van der Waals surface area contributed by atoms with Gasteiger partial charge in [-0.3, -0.25) is 0 Å². The van der Waals surface area contributed by atoms with E-state index < -0.39 is 11.6 Å². The Labute approximate surface area is 114 Å². The molecular weight excluding hydrogens is 274 g/mol. The Balaban J connectivity index is 2.08. The fraction of sp³-hybridized carbons (Fsp3) is 0.462. The van der Waals surface area contributed by atoms with Gasteiger partial charge < -0.3 is 9.30 Å². The lowest BCUT2D eigenvalue weighted by atomic mass is 9.88. The molecule has 1 aliphatic rings. The van der Waals surface area contributed by atoms with Crippen LogP contribution in [0.5, 0.6) is 0 Å². The summed E-state index contributed by atoms with van der Waals surface area (Å²) in [4.78, 5) is 4.27. The minimum atomic E-state index is -0.887. The van der Waals surface area contributed by atoms with Gasteiger partial charge in [0.15, 0.2) is 11.6 Å². The highest BCUT2D eigenvalue weighted by Gasteiger charge is 2.33. The fourth-order valence-electron chi connectivity index (χ4n) is 2.58. The van der Waals surface area contributed by atoms with Gasteiger partial charge in [-0.25, -0.2) is 13.8 Å². The van der Waals surface area contributed by atoms with E-state index >= 15 is 0 Å². The van der Waals surface area contributed by atoms with Gasteiger partial charge >= 0.3 is 0 Å². The van der Waals surface area contributed by atoms with Crippen LogP contribution < -0.4 is 0 Å². The first kappa shape index (κ1) is 12.8. The summed E-state index contributed by atoms with van der Waals surface area (Å²) in [7, 11) is 1.67. The van der Waals surface area contributed by atoms with Crippen molar-refractivity contribution >= 4 is 22.6 Å². The number of hydrogen-bond donors (Lipinski definition) is 0. The molecule has 0 amide bonds. The van der Waals surface area contributed by atoms with Crippen molar-refractivity contribution in [1.82, 2.24) is 9.55 Å². The van der Waals surface area contributed by atoms with Crippen LogP contribution in [0.25, 0.3) is 11.0 Å². The summed E-state index contributed by atoms with van der Waals surface area (Å²) in [5.74, 6) is -0.897. The summed E-state index contributed by atoms with van der Waals surface area (Å²) in [5.41, 5.74) is 1.03. The maximum Gasteiger partial charge on any atom is 0.161 e. The SMILES string of the molecule is COC1CC(n2c(CCl)nc3cc(F)c(F)cc32)C1. The molecule has 1 aromatic heterocycles. The number of imidazole rings is 1. The average molecular weight is 287 g/mol. The van der Waals surface area contributed by atoms with Gasteiger partial charge in [-0.15, -0.1) is 11.6 Å². The van der Waals surface area contributed by atoms with Crippen molar-refractivity contribution in [3.8, 4) is 0 Å². The summed E-state index contributed by atoms with van der Waals surface area (Å²) in [6, 6.07) is 2.49. The second-order valence-corrected chi connectivity index (χ2v) is 5.04. The third kappa shape index (κ3) is 2.01. The molecule has 3 rings (SSSR count). The summed E-state index contributed by atoms with van der Waals surface area (Å²) >= 11 is 5.88. The number of fused-ring (bicyclic) bond motifs is 1. The van der Waals surface area contributed by atoms with E-state index in [1.807, 2.05) is 4.57 Å². The van der Waals surface area contributed by atoms with Crippen molar-refractivity contribution < 1.29 is 13.5 Å². The van der Waals surface area contributed by atoms with Crippen LogP contribution in [0.15, 0.2) is 12.1 Å². The smallest absolute Gasteiger partial charge is 0.161 e. The third-order valence-electron chi connectivity index (χ3n) is 3.69. The maximum absolute atomic E-state index is 13.4. The van der Waals surface area contributed by atoms with E-state index in [2.05, 4.69) is 4.98 Å². The van der Waals surface area contributed by atoms with E-state index in [-0.39, 0.29) is 18.0 Å². The van der Waals surface area contributed by atoms with E-state index in [1.54, 1.807) is 7.11 Å². The number of aromatic nitrogens is 2. The van der Waals surface area contributed by atoms with E-state index in [9.17, 15) is 8.78 Å². The van der Waals surface area contributed by atoms with Gasteiger partial charge in [-0.1, -0.05) is 0 Å². The highest BCUT2D eigenvalue weighted by Crippen LogP contribution is 2.38. The number of halogens is 3. The predicted molar refractivity (Wildman–Crippen MR) is 68.3 cm³/mol. The largest absolute Gasteiger partial charge is 0.381 e. The molecule has 19 heavy (non-hydrogen) atoms. The molecule has 102 valence electrons. The van der Waals surface area contributed by atoms with Gasteiger partial charge in [-0.05, 0) is 12.8 Å². The number of methoxy groups -OCH3 is 1. The van der Waals surface area contributed by atoms with Gasteiger partial charge in [0, 0.05) is 25.3 Å². The fourth-order valence-corrected chi connectivity index (χ4v) is 2.77. The molecule has 0 N–H and O–H groups in total. The number of rotatable bonds is 3. The molecule has 0 aliphatic heterocycles. The molecule has 1 heterocycles. The highest BCUT2D eigenvalue weighted by atomic mass is 35.5. The molecule has 0 atom stereocenters. The number of ether oxygens (including phenoxy) is 1. The molecule has 1 fully saturated rings. The quantitative estimate of drug-likeness (QED) is 0.809. The second-order valence-electron chi connectivity index (χ2n) is 4.77. The van der Waals surface area contributed by atoms with Gasteiger partial charge in [0.05, 0.1) is 23.0 Å². The lowest BCUT2D eigenvalue weighted by Crippen LogP contribution is -2.33. The summed E-state index contributed by atoms with van der Waals surface area (Å²) in [6.07, 6.45) is 1.89. The molecule has 0 spiro atoms. The molecule has 0 bridgehead atoms. The lowest BCUT2D eigenvalue weighted by molar-refractivity contribution is 0.00674. The monoisotopic (exact) mass is 286 g/mol. The van der Waals surface area contributed by atoms with E-state index in [4.69, 9.17) is 16.3 Å². The van der Waals surface area contributed by atoms with Crippen LogP contribution in [-0.4, -0.2) is 22.8 Å². The standard InChI is InChI=1S/C13H13ClF2N2O/c1-19-8-2-7(3-8)18-12-5-10(16)9(15)4-11(12)17-13(18)6-14/h4-5,7-8H,2-3,6H2,1H3. The van der Waals surface area contributed by atoms with Gasteiger partial charge in [0.2, 0.25) is 0 Å². The summed E-state index contributed by atoms with van der Waals surface area (Å²) < 4.78 is 33.8. The zero-order chi connectivity index (χ0) is 13.6. The molecule has 1 aliphatic carbocycles. The van der Waals surface area contributed by atoms with Crippen molar-refractivity contribution in [2.24, 2.45) is 0 Å². The zero-order valence-electron chi connectivity index (χ0n) is 10.4. The first-order valence-electron chi connectivity index (χ1n) is 6.08. The molecule has 0 unspecified atom stereocenters. The van der Waals surface area contributed by atoms with Gasteiger partial charge in [0.1, 0.15) is 5.82 Å². The van der Waals surface area contributed by atoms with Crippen LogP contribution in [-0.2, 0) is 10.6 Å². The van der Waals surface area contributed by atoms with Crippen LogP contribution in [0.1, 0.15) is 24.7 Å². The van der Waals surface area contributed by atoms with Crippen molar-refractivity contribution in [1.29, 1.82) is 0 Å². The Morgan fingerprint density at radius 1 is 1.37 bits per heavy atom.